The molecule has 4 rings (SSSR count). The molecule has 2 aromatic carbocycles. The molecule has 0 spiro atoms. The maximum Gasteiger partial charge on any atom is 0.221 e. The zero-order valence-electron chi connectivity index (χ0n) is 15.7. The number of aromatic nitrogens is 2. The summed E-state index contributed by atoms with van der Waals surface area (Å²) in [6, 6.07) is 16.9. The molecule has 4 aromatic rings. The van der Waals surface area contributed by atoms with E-state index in [4.69, 9.17) is 0 Å². The first-order valence-electron chi connectivity index (χ1n) is 9.12. The largest absolute Gasteiger partial charge is 0.339 e. The summed E-state index contributed by atoms with van der Waals surface area (Å²) >= 11 is 0. The minimum absolute atomic E-state index is 0.0624. The number of hydrogen-bond donors (Lipinski definition) is 2. The molecule has 144 valence electrons. The van der Waals surface area contributed by atoms with Gasteiger partial charge in [0, 0.05) is 41.9 Å². The van der Waals surface area contributed by atoms with Gasteiger partial charge >= 0.3 is 0 Å². The van der Waals surface area contributed by atoms with Crippen LogP contribution in [0.25, 0.3) is 22.3 Å². The van der Waals surface area contributed by atoms with Crippen LogP contribution in [-0.4, -0.2) is 21.7 Å². The van der Waals surface area contributed by atoms with Crippen molar-refractivity contribution >= 4 is 28.4 Å². The fraction of sp³-hybridized carbons (Fsp3) is 0.0870. The molecule has 2 heterocycles. The number of Topliss-reactive ketones (excluding diaryl/α,β-unsaturated/α-hetero) is 1. The molecule has 0 unspecified atom stereocenters. The van der Waals surface area contributed by atoms with E-state index in [0.717, 1.165) is 22.2 Å². The second-order valence-electron chi connectivity index (χ2n) is 6.83. The number of aromatic amines is 1. The van der Waals surface area contributed by atoms with Crippen molar-refractivity contribution in [1.82, 2.24) is 9.97 Å². The van der Waals surface area contributed by atoms with Crippen molar-refractivity contribution < 1.29 is 14.0 Å². The van der Waals surface area contributed by atoms with Crippen LogP contribution < -0.4 is 5.32 Å². The fourth-order valence-corrected chi connectivity index (χ4v) is 3.20. The minimum Gasteiger partial charge on any atom is -0.339 e. The lowest BCUT2D eigenvalue weighted by Gasteiger charge is -2.05. The van der Waals surface area contributed by atoms with Gasteiger partial charge in [0.05, 0.1) is 0 Å². The van der Waals surface area contributed by atoms with E-state index in [1.54, 1.807) is 42.6 Å². The number of anilines is 1. The van der Waals surface area contributed by atoms with E-state index in [1.807, 2.05) is 12.1 Å². The van der Waals surface area contributed by atoms with E-state index in [-0.39, 0.29) is 23.9 Å². The summed E-state index contributed by atoms with van der Waals surface area (Å²) in [7, 11) is 0. The SMILES string of the molecule is CC(=O)Nc1cccc(C(=O)Cc2cnc3[nH]c(-c4ccc(F)cc4)cc3c2)c1. The summed E-state index contributed by atoms with van der Waals surface area (Å²) in [4.78, 5) is 31.5. The second-order valence-corrected chi connectivity index (χ2v) is 6.83. The summed E-state index contributed by atoms with van der Waals surface area (Å²) < 4.78 is 13.1. The molecule has 0 fully saturated rings. The molecular formula is C23H18FN3O2. The maximum atomic E-state index is 13.1. The Labute approximate surface area is 166 Å². The molecule has 2 aromatic heterocycles. The average molecular weight is 387 g/mol. The molecule has 0 radical (unpaired) electrons. The van der Waals surface area contributed by atoms with Crippen molar-refractivity contribution in [2.45, 2.75) is 13.3 Å². The van der Waals surface area contributed by atoms with Crippen LogP contribution in [-0.2, 0) is 11.2 Å². The van der Waals surface area contributed by atoms with Crippen LogP contribution in [0, 0.1) is 5.82 Å². The lowest BCUT2D eigenvalue weighted by molar-refractivity contribution is -0.114. The van der Waals surface area contributed by atoms with E-state index in [1.165, 1.54) is 19.1 Å². The van der Waals surface area contributed by atoms with Crippen LogP contribution in [0.1, 0.15) is 22.8 Å². The molecule has 0 atom stereocenters. The molecule has 0 saturated carbocycles. The Bertz CT molecular complexity index is 1210. The number of carbonyl (C=O) groups is 2. The predicted molar refractivity (Wildman–Crippen MR) is 110 cm³/mol. The van der Waals surface area contributed by atoms with Crippen molar-refractivity contribution in [1.29, 1.82) is 0 Å². The van der Waals surface area contributed by atoms with Crippen LogP contribution in [0.2, 0.25) is 0 Å². The summed E-state index contributed by atoms with van der Waals surface area (Å²) in [5.41, 5.74) is 4.30. The van der Waals surface area contributed by atoms with Crippen LogP contribution in [0.15, 0.2) is 66.9 Å². The third-order valence-corrected chi connectivity index (χ3v) is 4.55. The zero-order chi connectivity index (χ0) is 20.4. The summed E-state index contributed by atoms with van der Waals surface area (Å²) in [6.45, 7) is 1.42. The van der Waals surface area contributed by atoms with E-state index in [9.17, 15) is 14.0 Å². The van der Waals surface area contributed by atoms with Crippen LogP contribution >= 0.6 is 0 Å². The third-order valence-electron chi connectivity index (χ3n) is 4.55. The molecular weight excluding hydrogens is 369 g/mol. The predicted octanol–water partition coefficient (Wildman–Crippen LogP) is 4.75. The standard InChI is InChI=1S/C23H18FN3O2/c1-14(28)26-20-4-2-3-17(11-20)22(29)10-15-9-18-12-21(27-23(18)25-13-15)16-5-7-19(24)8-6-16/h2-9,11-13H,10H2,1H3,(H,25,27)(H,26,28). The molecule has 0 saturated heterocycles. The van der Waals surface area contributed by atoms with E-state index >= 15 is 0 Å². The Kier molecular flexibility index (Phi) is 4.91. The fourth-order valence-electron chi connectivity index (χ4n) is 3.20. The number of H-pyrrole nitrogens is 1. The highest BCUT2D eigenvalue weighted by Gasteiger charge is 2.11. The Morgan fingerprint density at radius 3 is 2.62 bits per heavy atom. The summed E-state index contributed by atoms with van der Waals surface area (Å²) in [5.74, 6) is -0.535. The number of fused-ring (bicyclic) bond motifs is 1. The third kappa shape index (κ3) is 4.21. The number of amides is 1. The Hall–Kier alpha value is -3.80. The van der Waals surface area contributed by atoms with Gasteiger partial charge < -0.3 is 10.3 Å². The lowest BCUT2D eigenvalue weighted by Crippen LogP contribution is -2.08. The Morgan fingerprint density at radius 1 is 1.07 bits per heavy atom. The molecule has 0 aliphatic carbocycles. The van der Waals surface area contributed by atoms with Gasteiger partial charge in [-0.1, -0.05) is 12.1 Å². The highest BCUT2D eigenvalue weighted by atomic mass is 19.1. The number of pyridine rings is 1. The first-order chi connectivity index (χ1) is 14.0. The number of carbonyl (C=O) groups excluding carboxylic acids is 2. The van der Waals surface area contributed by atoms with E-state index in [0.29, 0.717) is 16.9 Å². The normalized spacial score (nSPS) is 10.8. The first kappa shape index (κ1) is 18.6. The van der Waals surface area contributed by atoms with Crippen LogP contribution in [0.4, 0.5) is 10.1 Å². The topological polar surface area (TPSA) is 74.8 Å². The van der Waals surface area contributed by atoms with E-state index in [2.05, 4.69) is 15.3 Å². The number of hydrogen-bond acceptors (Lipinski definition) is 3. The molecule has 0 aliphatic rings. The number of halogens is 1. The van der Waals surface area contributed by atoms with Crippen molar-refractivity contribution in [3.63, 3.8) is 0 Å². The van der Waals surface area contributed by atoms with E-state index < -0.39 is 0 Å². The molecule has 2 N–H and O–H groups in total. The van der Waals surface area contributed by atoms with Crippen LogP contribution in [0.3, 0.4) is 0 Å². The summed E-state index contributed by atoms with van der Waals surface area (Å²) in [5, 5.41) is 3.56. The maximum absolute atomic E-state index is 13.1. The van der Waals surface area contributed by atoms with Gasteiger partial charge in [0.1, 0.15) is 11.5 Å². The number of ketones is 1. The first-order valence-corrected chi connectivity index (χ1v) is 9.12. The van der Waals surface area contributed by atoms with Gasteiger partial charge in [-0.15, -0.1) is 0 Å². The minimum atomic E-state index is -0.286. The molecule has 1 amide bonds. The molecule has 0 aliphatic heterocycles. The van der Waals surface area contributed by atoms with Gasteiger partial charge in [0.2, 0.25) is 5.91 Å². The smallest absolute Gasteiger partial charge is 0.221 e. The Morgan fingerprint density at radius 2 is 1.86 bits per heavy atom. The highest BCUT2D eigenvalue weighted by Crippen LogP contribution is 2.24. The van der Waals surface area contributed by atoms with Crippen molar-refractivity contribution in [2.24, 2.45) is 0 Å². The highest BCUT2D eigenvalue weighted by molar-refractivity contribution is 5.99. The van der Waals surface area contributed by atoms with Crippen molar-refractivity contribution in [3.8, 4) is 11.3 Å². The molecule has 5 nitrogen and oxygen atoms in total. The van der Waals surface area contributed by atoms with Crippen molar-refractivity contribution in [3.05, 3.63) is 83.8 Å². The second kappa shape index (κ2) is 7.67. The average Bonchev–Trinajstić information content (AvgIpc) is 3.11. The number of nitrogens with zero attached hydrogens (tertiary/aromatic N) is 1. The lowest BCUT2D eigenvalue weighted by atomic mass is 10.0. The number of rotatable bonds is 5. The number of benzene rings is 2. The molecule has 0 bridgehead atoms. The van der Waals surface area contributed by atoms with Crippen LogP contribution in [0.5, 0.6) is 0 Å². The molecule has 29 heavy (non-hydrogen) atoms. The van der Waals surface area contributed by atoms with Gasteiger partial charge in [-0.3, -0.25) is 9.59 Å². The van der Waals surface area contributed by atoms with Crippen molar-refractivity contribution in [2.75, 3.05) is 5.32 Å². The van der Waals surface area contributed by atoms with Gasteiger partial charge in [0.15, 0.2) is 5.78 Å². The molecule has 6 heteroatoms. The zero-order valence-corrected chi connectivity index (χ0v) is 15.7. The summed E-state index contributed by atoms with van der Waals surface area (Å²) in [6.07, 6.45) is 1.87. The monoisotopic (exact) mass is 387 g/mol. The number of nitrogens with one attached hydrogen (secondary N) is 2. The van der Waals surface area contributed by atoms with Gasteiger partial charge in [-0.05, 0) is 59.7 Å². The van der Waals surface area contributed by atoms with Gasteiger partial charge in [0.25, 0.3) is 0 Å². The Balaban J connectivity index is 1.56. The van der Waals surface area contributed by atoms with Gasteiger partial charge in [-0.25, -0.2) is 9.37 Å². The van der Waals surface area contributed by atoms with Gasteiger partial charge in [-0.2, -0.15) is 0 Å². The quantitative estimate of drug-likeness (QED) is 0.485.